The molecule has 104 valence electrons. The van der Waals surface area contributed by atoms with Gasteiger partial charge in [-0.3, -0.25) is 4.79 Å². The van der Waals surface area contributed by atoms with Crippen molar-refractivity contribution >= 4 is 31.9 Å². The minimum atomic E-state index is -4.10. The number of halogens is 2. The Bertz CT molecular complexity index is 644. The van der Waals surface area contributed by atoms with Crippen molar-refractivity contribution in [1.82, 2.24) is 4.90 Å². The van der Waals surface area contributed by atoms with E-state index in [0.29, 0.717) is 0 Å². The first-order chi connectivity index (χ1) is 8.71. The zero-order valence-corrected chi connectivity index (χ0v) is 12.5. The standard InChI is InChI=1S/C11H12BrFN2O3S/c1-15(7-2-3-7)11(16)8-4-6(13)5-9(10(8)12)19(14,17)18/h4-5,7H,2-3H2,1H3,(H2,14,17,18). The molecule has 0 atom stereocenters. The lowest BCUT2D eigenvalue weighted by atomic mass is 10.2. The van der Waals surface area contributed by atoms with Gasteiger partial charge < -0.3 is 4.90 Å². The SMILES string of the molecule is CN(C(=O)c1cc(F)cc(S(N)(=O)=O)c1Br)C1CC1. The molecule has 1 aromatic rings. The molecule has 0 aromatic heterocycles. The van der Waals surface area contributed by atoms with E-state index in [2.05, 4.69) is 15.9 Å². The Labute approximate surface area is 118 Å². The highest BCUT2D eigenvalue weighted by Gasteiger charge is 2.32. The topological polar surface area (TPSA) is 80.5 Å². The van der Waals surface area contributed by atoms with Crippen molar-refractivity contribution in [2.75, 3.05) is 7.05 Å². The van der Waals surface area contributed by atoms with Crippen molar-refractivity contribution in [2.24, 2.45) is 5.14 Å². The van der Waals surface area contributed by atoms with Gasteiger partial charge in [0.05, 0.1) is 14.9 Å². The van der Waals surface area contributed by atoms with Crippen molar-refractivity contribution in [3.8, 4) is 0 Å². The summed E-state index contributed by atoms with van der Waals surface area (Å²) in [7, 11) is -2.49. The summed E-state index contributed by atoms with van der Waals surface area (Å²) in [6, 6.07) is 1.92. The lowest BCUT2D eigenvalue weighted by molar-refractivity contribution is 0.0783. The first-order valence-corrected chi connectivity index (χ1v) is 7.84. The Balaban J connectivity index is 2.51. The third-order valence-electron chi connectivity index (χ3n) is 2.96. The number of rotatable bonds is 3. The van der Waals surface area contributed by atoms with Gasteiger partial charge in [-0.1, -0.05) is 0 Å². The quantitative estimate of drug-likeness (QED) is 0.896. The smallest absolute Gasteiger partial charge is 0.255 e. The molecule has 2 rings (SSSR count). The number of hydrogen-bond donors (Lipinski definition) is 1. The highest BCUT2D eigenvalue weighted by Crippen LogP contribution is 2.31. The number of primary sulfonamides is 1. The molecular formula is C11H12BrFN2O3S. The van der Waals surface area contributed by atoms with Crippen LogP contribution in [-0.4, -0.2) is 32.3 Å². The van der Waals surface area contributed by atoms with Crippen LogP contribution in [0.25, 0.3) is 0 Å². The Kier molecular flexibility index (Phi) is 3.67. The number of sulfonamides is 1. The predicted octanol–water partition coefficient (Wildman–Crippen LogP) is 1.47. The Morgan fingerprint density at radius 1 is 1.47 bits per heavy atom. The maximum Gasteiger partial charge on any atom is 0.255 e. The van der Waals surface area contributed by atoms with Gasteiger partial charge in [-0.05, 0) is 40.9 Å². The molecule has 0 saturated heterocycles. The molecule has 1 aliphatic rings. The van der Waals surface area contributed by atoms with Gasteiger partial charge in [-0.15, -0.1) is 0 Å². The van der Waals surface area contributed by atoms with Gasteiger partial charge in [0.1, 0.15) is 5.82 Å². The molecule has 1 aliphatic carbocycles. The number of benzene rings is 1. The normalized spacial score (nSPS) is 15.4. The van der Waals surface area contributed by atoms with Crippen LogP contribution in [0.2, 0.25) is 0 Å². The molecule has 0 radical (unpaired) electrons. The molecule has 5 nitrogen and oxygen atoms in total. The molecule has 0 bridgehead atoms. The lowest BCUT2D eigenvalue weighted by Crippen LogP contribution is -2.29. The van der Waals surface area contributed by atoms with Gasteiger partial charge >= 0.3 is 0 Å². The van der Waals surface area contributed by atoms with Crippen LogP contribution < -0.4 is 5.14 Å². The fourth-order valence-corrected chi connectivity index (χ4v) is 3.46. The summed E-state index contributed by atoms with van der Waals surface area (Å²) in [6.45, 7) is 0. The molecule has 1 saturated carbocycles. The van der Waals surface area contributed by atoms with E-state index in [4.69, 9.17) is 5.14 Å². The number of nitrogens with zero attached hydrogens (tertiary/aromatic N) is 1. The van der Waals surface area contributed by atoms with Crippen LogP contribution in [0.1, 0.15) is 23.2 Å². The van der Waals surface area contributed by atoms with Crippen LogP contribution in [0.5, 0.6) is 0 Å². The summed E-state index contributed by atoms with van der Waals surface area (Å²) in [6.07, 6.45) is 1.80. The van der Waals surface area contributed by atoms with E-state index in [1.807, 2.05) is 0 Å². The second-order valence-corrected chi connectivity index (χ2v) is 6.78. The van der Waals surface area contributed by atoms with Crippen LogP contribution in [-0.2, 0) is 10.0 Å². The fraction of sp³-hybridized carbons (Fsp3) is 0.364. The van der Waals surface area contributed by atoms with Gasteiger partial charge in [0, 0.05) is 13.1 Å². The summed E-state index contributed by atoms with van der Waals surface area (Å²) in [4.78, 5) is 13.2. The van der Waals surface area contributed by atoms with Crippen LogP contribution >= 0.6 is 15.9 Å². The van der Waals surface area contributed by atoms with E-state index in [1.54, 1.807) is 7.05 Å². The summed E-state index contributed by atoms with van der Waals surface area (Å²) in [5.41, 5.74) is -0.0431. The van der Waals surface area contributed by atoms with Crippen molar-refractivity contribution in [1.29, 1.82) is 0 Å². The third-order valence-corrected chi connectivity index (χ3v) is 5.01. The second-order valence-electron chi connectivity index (χ2n) is 4.46. The van der Waals surface area contributed by atoms with Crippen LogP contribution in [0.3, 0.4) is 0 Å². The second kappa shape index (κ2) is 4.84. The van der Waals surface area contributed by atoms with E-state index < -0.39 is 26.6 Å². The number of nitrogens with two attached hydrogens (primary N) is 1. The first kappa shape index (κ1) is 14.4. The van der Waals surface area contributed by atoms with Crippen molar-refractivity contribution < 1.29 is 17.6 Å². The van der Waals surface area contributed by atoms with Crippen molar-refractivity contribution in [3.63, 3.8) is 0 Å². The zero-order valence-electron chi connectivity index (χ0n) is 10.1. The molecule has 0 aliphatic heterocycles. The highest BCUT2D eigenvalue weighted by molar-refractivity contribution is 9.10. The molecule has 8 heteroatoms. The zero-order chi connectivity index (χ0) is 14.4. The molecular weight excluding hydrogens is 339 g/mol. The van der Waals surface area contributed by atoms with E-state index in [-0.39, 0.29) is 16.1 Å². The average Bonchev–Trinajstić information content (AvgIpc) is 3.12. The maximum absolute atomic E-state index is 13.5. The Hall–Kier alpha value is -0.990. The predicted molar refractivity (Wildman–Crippen MR) is 70.6 cm³/mol. The minimum absolute atomic E-state index is 0.00565. The number of amides is 1. The Morgan fingerprint density at radius 2 is 2.05 bits per heavy atom. The molecule has 0 heterocycles. The molecule has 2 N–H and O–H groups in total. The molecule has 1 fully saturated rings. The molecule has 19 heavy (non-hydrogen) atoms. The summed E-state index contributed by atoms with van der Waals surface area (Å²) >= 11 is 3.02. The van der Waals surface area contributed by atoms with Gasteiger partial charge in [-0.25, -0.2) is 17.9 Å². The third kappa shape index (κ3) is 2.96. The summed E-state index contributed by atoms with van der Waals surface area (Å²) < 4.78 is 36.2. The summed E-state index contributed by atoms with van der Waals surface area (Å²) in [5.74, 6) is -1.25. The van der Waals surface area contributed by atoms with E-state index in [9.17, 15) is 17.6 Å². The Morgan fingerprint density at radius 3 is 2.53 bits per heavy atom. The lowest BCUT2D eigenvalue weighted by Gasteiger charge is -2.18. The van der Waals surface area contributed by atoms with Gasteiger partial charge in [0.2, 0.25) is 10.0 Å². The number of carbonyl (C=O) groups is 1. The number of carbonyl (C=O) groups excluding carboxylic acids is 1. The van der Waals surface area contributed by atoms with Crippen LogP contribution in [0.15, 0.2) is 21.5 Å². The minimum Gasteiger partial charge on any atom is -0.339 e. The average molecular weight is 351 g/mol. The molecule has 0 unspecified atom stereocenters. The number of hydrogen-bond acceptors (Lipinski definition) is 3. The largest absolute Gasteiger partial charge is 0.339 e. The van der Waals surface area contributed by atoms with Gasteiger partial charge in [0.15, 0.2) is 0 Å². The van der Waals surface area contributed by atoms with Gasteiger partial charge in [0.25, 0.3) is 5.91 Å². The molecule has 1 aromatic carbocycles. The van der Waals surface area contributed by atoms with E-state index in [0.717, 1.165) is 25.0 Å². The van der Waals surface area contributed by atoms with Crippen molar-refractivity contribution in [3.05, 3.63) is 28.0 Å². The maximum atomic E-state index is 13.5. The highest BCUT2D eigenvalue weighted by atomic mass is 79.9. The summed E-state index contributed by atoms with van der Waals surface area (Å²) in [5, 5.41) is 4.99. The van der Waals surface area contributed by atoms with E-state index >= 15 is 0 Å². The monoisotopic (exact) mass is 350 g/mol. The van der Waals surface area contributed by atoms with Crippen LogP contribution in [0.4, 0.5) is 4.39 Å². The molecule has 0 spiro atoms. The first-order valence-electron chi connectivity index (χ1n) is 5.51. The van der Waals surface area contributed by atoms with Crippen LogP contribution in [0, 0.1) is 5.82 Å². The van der Waals surface area contributed by atoms with E-state index in [1.165, 1.54) is 4.90 Å². The fourth-order valence-electron chi connectivity index (χ4n) is 1.74. The molecule has 1 amide bonds. The van der Waals surface area contributed by atoms with Gasteiger partial charge in [-0.2, -0.15) is 0 Å². The van der Waals surface area contributed by atoms with Crippen molar-refractivity contribution in [2.45, 2.75) is 23.8 Å².